The predicted octanol–water partition coefficient (Wildman–Crippen LogP) is 17.1. The molecule has 2 aromatic rings. The molecule has 0 amide bonds. The van der Waals surface area contributed by atoms with Gasteiger partial charge < -0.3 is 19.3 Å². The number of ether oxygens (including phenoxy) is 3. The number of rotatable bonds is 30. The van der Waals surface area contributed by atoms with E-state index in [9.17, 15) is 14.7 Å². The smallest absolute Gasteiger partial charge is 0.337 e. The topological polar surface area (TPSA) is 82.1 Å². The maximum atomic E-state index is 13.6. The third-order valence-electron chi connectivity index (χ3n) is 14.5. The number of benzene rings is 2. The fourth-order valence-electron chi connectivity index (χ4n) is 10.4. The zero-order chi connectivity index (χ0) is 50.7. The molecule has 0 saturated carbocycles. The number of aliphatic hydroxyl groups is 1. The molecular formula is C61H104O6. The van der Waals surface area contributed by atoms with Crippen LogP contribution in [0.2, 0.25) is 0 Å². The first-order chi connectivity index (χ1) is 31.3. The van der Waals surface area contributed by atoms with Gasteiger partial charge in [0.25, 0.3) is 0 Å². The van der Waals surface area contributed by atoms with Crippen LogP contribution in [0.3, 0.4) is 0 Å². The number of hydrogen-bond acceptors (Lipinski definition) is 6. The molecule has 0 aromatic heterocycles. The SMILES string of the molecule is CCCCCCCCCCCCOC(CCCCCCCCCCCC)(c1c(C(C)(C)C)cc(C(=O)OC)cc1C(C)(C)C)C(C)(CO)Cc1c(C(C)(C)C)cc(C(=O)OC)cc1C(C)(C)C. The summed E-state index contributed by atoms with van der Waals surface area (Å²) in [6.07, 6.45) is 25.8. The summed E-state index contributed by atoms with van der Waals surface area (Å²) in [5.74, 6) is -0.702. The number of carbonyl (C=O) groups is 2. The van der Waals surface area contributed by atoms with Crippen molar-refractivity contribution in [2.45, 2.75) is 272 Å². The second-order valence-corrected chi connectivity index (χ2v) is 24.7. The van der Waals surface area contributed by atoms with Crippen LogP contribution in [0, 0.1) is 5.41 Å². The first kappa shape index (κ1) is 60.4. The molecule has 2 aromatic carbocycles. The van der Waals surface area contributed by atoms with E-state index in [2.05, 4.69) is 116 Å². The first-order valence-corrected chi connectivity index (χ1v) is 27.1. The van der Waals surface area contributed by atoms with E-state index in [1.54, 1.807) is 0 Å². The lowest BCUT2D eigenvalue weighted by molar-refractivity contribution is -0.162. The highest BCUT2D eigenvalue weighted by Gasteiger charge is 2.54. The molecule has 2 rings (SSSR count). The van der Waals surface area contributed by atoms with E-state index in [0.717, 1.165) is 71.9 Å². The van der Waals surface area contributed by atoms with Gasteiger partial charge in [-0.25, -0.2) is 9.59 Å². The van der Waals surface area contributed by atoms with Gasteiger partial charge in [0.2, 0.25) is 0 Å². The zero-order valence-electron chi connectivity index (χ0n) is 46.8. The van der Waals surface area contributed by atoms with Crippen LogP contribution in [0.4, 0.5) is 0 Å². The van der Waals surface area contributed by atoms with Crippen molar-refractivity contribution in [2.75, 3.05) is 27.4 Å². The summed E-state index contributed by atoms with van der Waals surface area (Å²) in [7, 11) is 2.91. The fraction of sp³-hybridized carbons (Fsp3) is 0.770. The molecule has 0 aliphatic heterocycles. The van der Waals surface area contributed by atoms with Gasteiger partial charge in [-0.1, -0.05) is 226 Å². The number of unbranched alkanes of at least 4 members (excludes halogenated alkanes) is 18. The molecule has 384 valence electrons. The van der Waals surface area contributed by atoms with Crippen LogP contribution in [0.5, 0.6) is 0 Å². The Balaban J connectivity index is 3.08. The van der Waals surface area contributed by atoms with Crippen molar-refractivity contribution < 1.29 is 28.9 Å². The van der Waals surface area contributed by atoms with Gasteiger partial charge in [-0.15, -0.1) is 0 Å². The highest BCUT2D eigenvalue weighted by Crippen LogP contribution is 2.56. The summed E-state index contributed by atoms with van der Waals surface area (Å²) < 4.78 is 18.7. The Kier molecular flexibility index (Phi) is 24.9. The second-order valence-electron chi connectivity index (χ2n) is 24.7. The zero-order valence-corrected chi connectivity index (χ0v) is 46.8. The van der Waals surface area contributed by atoms with Crippen LogP contribution in [-0.4, -0.2) is 44.5 Å². The van der Waals surface area contributed by atoms with Crippen molar-refractivity contribution in [3.63, 3.8) is 0 Å². The normalized spacial score (nSPS) is 14.5. The Bertz CT molecular complexity index is 1710. The summed E-state index contributed by atoms with van der Waals surface area (Å²) in [5.41, 5.74) is 4.35. The van der Waals surface area contributed by atoms with E-state index in [1.165, 1.54) is 111 Å². The predicted molar refractivity (Wildman–Crippen MR) is 285 cm³/mol. The Hall–Kier alpha value is -2.70. The number of carbonyl (C=O) groups excluding carboxylic acids is 2. The summed E-state index contributed by atoms with van der Waals surface area (Å²) >= 11 is 0. The fourth-order valence-corrected chi connectivity index (χ4v) is 10.4. The van der Waals surface area contributed by atoms with E-state index in [-0.39, 0.29) is 29.4 Å². The molecule has 0 aliphatic carbocycles. The number of aliphatic hydroxyl groups excluding tert-OH is 1. The quantitative estimate of drug-likeness (QED) is 0.0621. The van der Waals surface area contributed by atoms with E-state index in [1.807, 2.05) is 12.1 Å². The average Bonchev–Trinajstić information content (AvgIpc) is 3.25. The van der Waals surface area contributed by atoms with Crippen molar-refractivity contribution in [1.82, 2.24) is 0 Å². The second kappa shape index (κ2) is 27.6. The molecule has 6 heteroatoms. The molecule has 0 bridgehead atoms. The molecule has 2 atom stereocenters. The minimum atomic E-state index is -0.966. The van der Waals surface area contributed by atoms with Crippen molar-refractivity contribution in [3.8, 4) is 0 Å². The lowest BCUT2D eigenvalue weighted by Crippen LogP contribution is -2.53. The Morgan fingerprint density at radius 1 is 0.463 bits per heavy atom. The van der Waals surface area contributed by atoms with Gasteiger partial charge >= 0.3 is 11.9 Å². The van der Waals surface area contributed by atoms with Crippen LogP contribution in [0.25, 0.3) is 0 Å². The van der Waals surface area contributed by atoms with Crippen molar-refractivity contribution in [2.24, 2.45) is 5.41 Å². The average molecular weight is 933 g/mol. The maximum absolute atomic E-state index is 13.6. The molecule has 0 heterocycles. The van der Waals surface area contributed by atoms with Crippen LogP contribution >= 0.6 is 0 Å². The molecule has 0 saturated heterocycles. The molecule has 67 heavy (non-hydrogen) atoms. The highest BCUT2D eigenvalue weighted by atomic mass is 16.5. The van der Waals surface area contributed by atoms with Crippen molar-refractivity contribution >= 4 is 11.9 Å². The molecule has 1 N–H and O–H groups in total. The monoisotopic (exact) mass is 933 g/mol. The lowest BCUT2D eigenvalue weighted by Gasteiger charge is -2.53. The van der Waals surface area contributed by atoms with E-state index in [0.29, 0.717) is 24.2 Å². The third-order valence-corrected chi connectivity index (χ3v) is 14.5. The Morgan fingerprint density at radius 3 is 1.09 bits per heavy atom. The van der Waals surface area contributed by atoms with Gasteiger partial charge in [-0.05, 0) is 98.6 Å². The van der Waals surface area contributed by atoms with Crippen LogP contribution in [0.15, 0.2) is 24.3 Å². The molecule has 0 aliphatic rings. The summed E-state index contributed by atoms with van der Waals surface area (Å²) in [4.78, 5) is 27.0. The molecule has 6 nitrogen and oxygen atoms in total. The van der Waals surface area contributed by atoms with Gasteiger partial charge in [-0.2, -0.15) is 0 Å². The van der Waals surface area contributed by atoms with Gasteiger partial charge in [0, 0.05) is 12.0 Å². The molecule has 0 spiro atoms. The molecule has 0 radical (unpaired) electrons. The van der Waals surface area contributed by atoms with Crippen LogP contribution in [0.1, 0.15) is 293 Å². The maximum Gasteiger partial charge on any atom is 0.337 e. The minimum Gasteiger partial charge on any atom is -0.465 e. The third kappa shape index (κ3) is 17.9. The Labute approximate surface area is 413 Å². The summed E-state index contributed by atoms with van der Waals surface area (Å²) in [5, 5.41) is 12.5. The Morgan fingerprint density at radius 2 is 0.776 bits per heavy atom. The standard InChI is InChI=1S/C61H104O6/c1-18-20-22-24-26-28-30-32-34-36-38-61(67-39-37-35-33-31-29-27-25-23-21-19-2,53-51(58(9,10)11)42-47(55(64)66-17)43-52(53)59(12,13)14)60(15,45-62)44-48-49(56(3,4)5)40-46(54(63)65-16)41-50(48)57(6,7)8/h40-43,62H,18-39,44-45H2,1-17H3. The largest absolute Gasteiger partial charge is 0.465 e. The van der Waals surface area contributed by atoms with Gasteiger partial charge in [0.05, 0.1) is 32.0 Å². The van der Waals surface area contributed by atoms with Crippen molar-refractivity contribution in [3.05, 3.63) is 68.8 Å². The minimum absolute atomic E-state index is 0.124. The molecular weight excluding hydrogens is 829 g/mol. The first-order valence-electron chi connectivity index (χ1n) is 27.1. The van der Waals surface area contributed by atoms with Gasteiger partial charge in [-0.3, -0.25) is 0 Å². The lowest BCUT2D eigenvalue weighted by atomic mass is 9.58. The summed E-state index contributed by atoms with van der Waals surface area (Å²) in [6, 6.07) is 8.21. The molecule has 0 fully saturated rings. The summed E-state index contributed by atoms with van der Waals surface area (Å²) in [6.45, 7) is 34.0. The van der Waals surface area contributed by atoms with E-state index < -0.39 is 21.8 Å². The van der Waals surface area contributed by atoms with Crippen LogP contribution in [-0.2, 0) is 47.9 Å². The number of hydrogen-bond donors (Lipinski definition) is 1. The molecule has 2 unspecified atom stereocenters. The number of methoxy groups -OCH3 is 2. The van der Waals surface area contributed by atoms with E-state index >= 15 is 0 Å². The van der Waals surface area contributed by atoms with Gasteiger partial charge in [0.1, 0.15) is 5.60 Å². The van der Waals surface area contributed by atoms with E-state index in [4.69, 9.17) is 14.2 Å². The number of esters is 2. The highest BCUT2D eigenvalue weighted by molar-refractivity contribution is 5.91. The van der Waals surface area contributed by atoms with Gasteiger partial charge in [0.15, 0.2) is 0 Å². The van der Waals surface area contributed by atoms with Crippen molar-refractivity contribution in [1.29, 1.82) is 0 Å². The van der Waals surface area contributed by atoms with Crippen LogP contribution < -0.4 is 0 Å².